The van der Waals surface area contributed by atoms with Gasteiger partial charge in [0.1, 0.15) is 5.82 Å². The molecular weight excluding hydrogens is 532 g/mol. The van der Waals surface area contributed by atoms with E-state index < -0.39 is 9.84 Å². The van der Waals surface area contributed by atoms with Crippen molar-refractivity contribution in [1.82, 2.24) is 19.4 Å². The number of carbonyl (C=O) groups is 1. The molecule has 1 saturated heterocycles. The molecule has 41 heavy (non-hydrogen) atoms. The number of unbranched alkanes of at least 4 members (excludes halogenated alkanes) is 1. The first-order chi connectivity index (χ1) is 19.8. The van der Waals surface area contributed by atoms with Gasteiger partial charge in [-0.2, -0.15) is 0 Å². The molecule has 0 radical (unpaired) electrons. The fraction of sp³-hybridized carbons (Fsp3) is 0.394. The highest BCUT2D eigenvalue weighted by atomic mass is 32.2. The molecule has 4 aromatic rings. The molecule has 216 valence electrons. The summed E-state index contributed by atoms with van der Waals surface area (Å²) in [6, 6.07) is 23.1. The summed E-state index contributed by atoms with van der Waals surface area (Å²) in [5.41, 5.74) is 5.04. The number of para-hydroxylation sites is 2. The summed E-state index contributed by atoms with van der Waals surface area (Å²) in [5, 5.41) is 0. The standard InChI is InChI=1S/C33H40N4O3S/c1-3-4-22-36(33(38)26-16-18-29(19-17-26)41(2,39)40)25-32-34-30-14-8-9-15-31(30)37(32)24-28-13-7-6-12-27(28)23-35-20-10-5-11-21-35/h6-9,12-19H,3-5,10-11,20-25H2,1-2H3. The van der Waals surface area contributed by atoms with Gasteiger partial charge in [0.05, 0.1) is 22.5 Å². The first-order valence-electron chi connectivity index (χ1n) is 14.7. The van der Waals surface area contributed by atoms with Crippen molar-refractivity contribution < 1.29 is 13.2 Å². The highest BCUT2D eigenvalue weighted by molar-refractivity contribution is 7.90. The van der Waals surface area contributed by atoms with Crippen LogP contribution in [-0.2, 0) is 29.5 Å². The third-order valence-electron chi connectivity index (χ3n) is 7.95. The van der Waals surface area contributed by atoms with Crippen LogP contribution in [0.15, 0.2) is 77.7 Å². The predicted octanol–water partition coefficient (Wildman–Crippen LogP) is 5.92. The molecule has 2 heterocycles. The normalized spacial score (nSPS) is 14.4. The first-order valence-corrected chi connectivity index (χ1v) is 16.6. The Morgan fingerprint density at radius 3 is 2.22 bits per heavy atom. The Bertz CT molecular complexity index is 1590. The molecule has 0 saturated carbocycles. The van der Waals surface area contributed by atoms with Gasteiger partial charge in [0, 0.05) is 31.5 Å². The third kappa shape index (κ3) is 7.05. The van der Waals surface area contributed by atoms with Crippen molar-refractivity contribution in [3.8, 4) is 0 Å². The average molecular weight is 573 g/mol. The van der Waals surface area contributed by atoms with Crippen molar-refractivity contribution in [3.05, 3.63) is 95.3 Å². The Kier molecular flexibility index (Phi) is 9.20. The van der Waals surface area contributed by atoms with Gasteiger partial charge in [0.2, 0.25) is 0 Å². The number of likely N-dealkylation sites (tertiary alicyclic amines) is 1. The van der Waals surface area contributed by atoms with E-state index in [9.17, 15) is 13.2 Å². The van der Waals surface area contributed by atoms with Crippen LogP contribution in [0.1, 0.15) is 66.3 Å². The van der Waals surface area contributed by atoms with Crippen molar-refractivity contribution in [2.24, 2.45) is 0 Å². The van der Waals surface area contributed by atoms with Crippen LogP contribution < -0.4 is 0 Å². The van der Waals surface area contributed by atoms with Crippen LogP contribution in [0.25, 0.3) is 11.0 Å². The molecule has 0 atom stereocenters. The molecule has 0 N–H and O–H groups in total. The van der Waals surface area contributed by atoms with E-state index in [0.29, 0.717) is 25.2 Å². The lowest BCUT2D eigenvalue weighted by atomic mass is 10.0. The number of fused-ring (bicyclic) bond motifs is 1. The maximum absolute atomic E-state index is 13.7. The van der Waals surface area contributed by atoms with Crippen molar-refractivity contribution in [2.45, 2.75) is 63.6 Å². The van der Waals surface area contributed by atoms with E-state index in [1.807, 2.05) is 23.1 Å². The number of benzene rings is 3. The Balaban J connectivity index is 1.46. The van der Waals surface area contributed by atoms with Gasteiger partial charge in [-0.25, -0.2) is 13.4 Å². The Hall–Kier alpha value is -3.49. The third-order valence-corrected chi connectivity index (χ3v) is 9.08. The van der Waals surface area contributed by atoms with Gasteiger partial charge in [-0.1, -0.05) is 56.2 Å². The second kappa shape index (κ2) is 13.0. The largest absolute Gasteiger partial charge is 0.331 e. The summed E-state index contributed by atoms with van der Waals surface area (Å²) >= 11 is 0. The van der Waals surface area contributed by atoms with E-state index in [1.54, 1.807) is 12.1 Å². The summed E-state index contributed by atoms with van der Waals surface area (Å²) in [4.78, 5) is 23.3. The van der Waals surface area contributed by atoms with E-state index in [4.69, 9.17) is 4.98 Å². The van der Waals surface area contributed by atoms with E-state index in [2.05, 4.69) is 46.7 Å². The lowest BCUT2D eigenvalue weighted by Crippen LogP contribution is -2.33. The van der Waals surface area contributed by atoms with Crippen molar-refractivity contribution in [3.63, 3.8) is 0 Å². The Morgan fingerprint density at radius 2 is 1.54 bits per heavy atom. The van der Waals surface area contributed by atoms with Crippen LogP contribution in [0, 0.1) is 0 Å². The van der Waals surface area contributed by atoms with Gasteiger partial charge in [0.15, 0.2) is 9.84 Å². The van der Waals surface area contributed by atoms with Crippen molar-refractivity contribution in [2.75, 3.05) is 25.9 Å². The number of hydrogen-bond donors (Lipinski definition) is 0. The van der Waals surface area contributed by atoms with Crippen LogP contribution in [0.2, 0.25) is 0 Å². The van der Waals surface area contributed by atoms with Crippen LogP contribution in [0.3, 0.4) is 0 Å². The summed E-state index contributed by atoms with van der Waals surface area (Å²) in [6.07, 6.45) is 6.83. The van der Waals surface area contributed by atoms with Crippen LogP contribution in [-0.4, -0.2) is 59.6 Å². The number of piperidine rings is 1. The highest BCUT2D eigenvalue weighted by Crippen LogP contribution is 2.23. The lowest BCUT2D eigenvalue weighted by molar-refractivity contribution is 0.0735. The van der Waals surface area contributed by atoms with Crippen molar-refractivity contribution in [1.29, 1.82) is 0 Å². The number of imidazole rings is 1. The topological polar surface area (TPSA) is 75.5 Å². The van der Waals surface area contributed by atoms with Gasteiger partial charge in [0.25, 0.3) is 5.91 Å². The maximum Gasteiger partial charge on any atom is 0.254 e. The summed E-state index contributed by atoms with van der Waals surface area (Å²) in [5.74, 6) is 0.721. The molecular formula is C33H40N4O3S. The number of aromatic nitrogens is 2. The first kappa shape index (κ1) is 29.0. The van der Waals surface area contributed by atoms with Crippen molar-refractivity contribution >= 4 is 26.8 Å². The number of hydrogen-bond acceptors (Lipinski definition) is 5. The second-order valence-corrected chi connectivity index (χ2v) is 13.1. The minimum Gasteiger partial charge on any atom is -0.331 e. The zero-order valence-corrected chi connectivity index (χ0v) is 24.9. The minimum absolute atomic E-state index is 0.123. The Labute approximate surface area is 243 Å². The fourth-order valence-corrected chi connectivity index (χ4v) is 6.25. The molecule has 1 amide bonds. The van der Waals surface area contributed by atoms with Crippen LogP contribution >= 0.6 is 0 Å². The number of carbonyl (C=O) groups excluding carboxylic acids is 1. The molecule has 1 aromatic heterocycles. The molecule has 1 aliphatic rings. The second-order valence-electron chi connectivity index (χ2n) is 11.1. The van der Waals surface area contributed by atoms with Gasteiger partial charge in [-0.3, -0.25) is 9.69 Å². The van der Waals surface area contributed by atoms with E-state index in [1.165, 1.54) is 48.8 Å². The zero-order chi connectivity index (χ0) is 28.8. The van der Waals surface area contributed by atoms with Gasteiger partial charge in [-0.05, 0) is 79.9 Å². The number of nitrogens with zero attached hydrogens (tertiary/aromatic N) is 4. The quantitative estimate of drug-likeness (QED) is 0.223. The average Bonchev–Trinajstić information content (AvgIpc) is 3.32. The molecule has 3 aromatic carbocycles. The molecule has 0 bridgehead atoms. The van der Waals surface area contributed by atoms with Gasteiger partial charge < -0.3 is 9.47 Å². The molecule has 5 rings (SSSR count). The number of sulfone groups is 1. The zero-order valence-electron chi connectivity index (χ0n) is 24.1. The summed E-state index contributed by atoms with van der Waals surface area (Å²) < 4.78 is 26.1. The molecule has 0 spiro atoms. The number of amides is 1. The molecule has 7 nitrogen and oxygen atoms in total. The van der Waals surface area contributed by atoms with E-state index in [-0.39, 0.29) is 10.8 Å². The molecule has 8 heteroatoms. The highest BCUT2D eigenvalue weighted by Gasteiger charge is 2.21. The van der Waals surface area contributed by atoms with E-state index in [0.717, 1.165) is 49.3 Å². The fourth-order valence-electron chi connectivity index (χ4n) is 5.62. The Morgan fingerprint density at radius 1 is 0.878 bits per heavy atom. The smallest absolute Gasteiger partial charge is 0.254 e. The number of rotatable bonds is 11. The minimum atomic E-state index is -3.33. The molecule has 0 aliphatic carbocycles. The van der Waals surface area contributed by atoms with E-state index >= 15 is 0 Å². The molecule has 0 unspecified atom stereocenters. The predicted molar refractivity (Wildman–Crippen MR) is 164 cm³/mol. The van der Waals surface area contributed by atoms with Gasteiger partial charge in [-0.15, -0.1) is 0 Å². The maximum atomic E-state index is 13.7. The van der Waals surface area contributed by atoms with Crippen LogP contribution in [0.4, 0.5) is 0 Å². The summed E-state index contributed by atoms with van der Waals surface area (Å²) in [6.45, 7) is 6.99. The SMILES string of the molecule is CCCCN(Cc1nc2ccccc2n1Cc1ccccc1CN1CCCCC1)C(=O)c1ccc(S(C)(=O)=O)cc1. The summed E-state index contributed by atoms with van der Waals surface area (Å²) in [7, 11) is -3.33. The lowest BCUT2D eigenvalue weighted by Gasteiger charge is -2.27. The molecule has 1 aliphatic heterocycles. The van der Waals surface area contributed by atoms with Crippen LogP contribution in [0.5, 0.6) is 0 Å². The molecule has 1 fully saturated rings. The van der Waals surface area contributed by atoms with Gasteiger partial charge >= 0.3 is 0 Å². The monoisotopic (exact) mass is 572 g/mol.